The van der Waals surface area contributed by atoms with Gasteiger partial charge in [0, 0.05) is 81.2 Å². The van der Waals surface area contributed by atoms with Crippen molar-refractivity contribution in [3.05, 3.63) is 282 Å². The number of carboxylic acids is 2. The maximum absolute atomic E-state index is 14.9. The Kier molecular flexibility index (Phi) is 26.8. The predicted molar refractivity (Wildman–Crippen MR) is 497 cm³/mol. The van der Waals surface area contributed by atoms with Gasteiger partial charge in [-0.1, -0.05) is 96.7 Å². The van der Waals surface area contributed by atoms with Gasteiger partial charge in [0.1, 0.15) is 47.5 Å². The minimum atomic E-state index is -4.55. The van der Waals surface area contributed by atoms with E-state index in [0.717, 1.165) is 87.3 Å². The number of carbonyl (C=O) groups is 5. The lowest BCUT2D eigenvalue weighted by atomic mass is 9.93. The van der Waals surface area contributed by atoms with Gasteiger partial charge in [-0.15, -0.1) is 0 Å². The third kappa shape index (κ3) is 19.7. The number of benzene rings is 8. The predicted octanol–water partition coefficient (Wildman–Crippen LogP) is 22.6. The fourth-order valence-corrected chi connectivity index (χ4v) is 18.3. The number of rotatable bonds is 24. The summed E-state index contributed by atoms with van der Waals surface area (Å²) in [6, 6.07) is 42.2. The molecule has 4 aromatic heterocycles. The molecule has 6 atom stereocenters. The molecule has 6 fully saturated rings. The zero-order valence-corrected chi connectivity index (χ0v) is 77.4. The molecule has 5 aliphatic heterocycles. The highest BCUT2D eigenvalue weighted by molar-refractivity contribution is 6.34. The normalized spacial score (nSPS) is 18.2. The molecule has 5 saturated heterocycles. The van der Waals surface area contributed by atoms with E-state index in [0.29, 0.717) is 113 Å². The molecule has 0 radical (unpaired) electrons. The zero-order valence-electron chi connectivity index (χ0n) is 75.9. The number of alkyl halides is 4. The summed E-state index contributed by atoms with van der Waals surface area (Å²) in [7, 11) is 4.63. The summed E-state index contributed by atoms with van der Waals surface area (Å²) in [6.07, 6.45) is 1.43. The number of aromatic carboxylic acids is 2. The van der Waals surface area contributed by atoms with E-state index in [1.165, 1.54) is 36.5 Å². The number of hydrogen-bond donors (Lipinski definition) is 2. The van der Waals surface area contributed by atoms with Crippen LogP contribution in [-0.2, 0) is 40.0 Å². The number of aryl methyl sites for hydroxylation is 5. The third-order valence-electron chi connectivity index (χ3n) is 25.3. The van der Waals surface area contributed by atoms with Gasteiger partial charge < -0.3 is 48.4 Å². The Balaban J connectivity index is 0.000000147. The fraction of sp³-hybridized carbons (Fsp3) is 0.324. The number of anilines is 2. The molecule has 18 rings (SSSR count). The van der Waals surface area contributed by atoms with Gasteiger partial charge in [0.15, 0.2) is 5.82 Å². The summed E-state index contributed by atoms with van der Waals surface area (Å²) in [5, 5.41) is 24.2. The van der Waals surface area contributed by atoms with Crippen LogP contribution in [0.5, 0.6) is 17.2 Å². The number of aromatic nitrogens is 7. The average molecular weight is 1870 g/mol. The number of carboxylic acid groups (broad SMARTS) is 2. The second kappa shape index (κ2) is 38.5. The Hall–Kier alpha value is -13.7. The van der Waals surface area contributed by atoms with E-state index in [2.05, 4.69) is 45.1 Å². The monoisotopic (exact) mass is 1860 g/mol. The van der Waals surface area contributed by atoms with Crippen molar-refractivity contribution < 1.29 is 84.6 Å². The molecule has 1 aliphatic carbocycles. The molecule has 134 heavy (non-hydrogen) atoms. The molecule has 6 aliphatic rings. The largest absolute Gasteiger partial charge is 0.496 e. The molecule has 12 aromatic rings. The molecule has 0 bridgehead atoms. The van der Waals surface area contributed by atoms with E-state index in [9.17, 15) is 56.1 Å². The van der Waals surface area contributed by atoms with Crippen LogP contribution in [0, 0.1) is 40.4 Å². The van der Waals surface area contributed by atoms with Crippen molar-refractivity contribution in [3.8, 4) is 78.7 Å². The molecule has 9 heterocycles. The Morgan fingerprint density at radius 3 is 1.40 bits per heavy atom. The van der Waals surface area contributed by atoms with E-state index >= 15 is 0 Å². The van der Waals surface area contributed by atoms with Gasteiger partial charge in [0.25, 0.3) is 0 Å². The smallest absolute Gasteiger partial charge is 0.416 e. The number of ether oxygens (including phenoxy) is 6. The third-order valence-corrected chi connectivity index (χ3v) is 25.7. The van der Waals surface area contributed by atoms with Gasteiger partial charge in [-0.2, -0.15) is 18.3 Å². The first kappa shape index (κ1) is 93.5. The summed E-state index contributed by atoms with van der Waals surface area (Å²) in [4.78, 5) is 95.6. The van der Waals surface area contributed by atoms with Crippen molar-refractivity contribution >= 4 is 65.3 Å². The van der Waals surface area contributed by atoms with Gasteiger partial charge >= 0.3 is 36.4 Å². The van der Waals surface area contributed by atoms with Gasteiger partial charge in [-0.25, -0.2) is 62.4 Å². The van der Waals surface area contributed by atoms with Crippen LogP contribution in [0.15, 0.2) is 176 Å². The van der Waals surface area contributed by atoms with Gasteiger partial charge in [-0.3, -0.25) is 14.7 Å². The SMILES string of the molecule is COc1cc(F)c(C(C)C)cc1-c1cnc(N2CC(F)C2)nc1CN1C(=O)O[C@H](c2cc(C)cc(C3CC3)c2)[C@@H]1C.COc1ccc(-c2ccc(C(=O)O)cc2C)cc1-c1ccc(-n2cc(C)cn2)nc1CN1C(=O)O[C@H](c2cc(C)cc(C(F)(F)F)c2)[C@@H]1C.COc1ccc(-c2ccc(C(=O)O)cc2C)cc1-c1cnc(N2CCC2)nc1CN1C(=O)O[C@H](c2cc(Cl)cc(Cl)c2)[C@@H]1C. The Bertz CT molecular complexity index is 6560. The van der Waals surface area contributed by atoms with Crippen molar-refractivity contribution in [2.24, 2.45) is 0 Å². The summed E-state index contributed by atoms with van der Waals surface area (Å²) < 4.78 is 106. The summed E-state index contributed by atoms with van der Waals surface area (Å²) in [5.41, 5.74) is 16.5. The first-order chi connectivity index (χ1) is 64.0. The summed E-state index contributed by atoms with van der Waals surface area (Å²) >= 11 is 12.5. The van der Waals surface area contributed by atoms with E-state index in [-0.39, 0.29) is 73.2 Å². The topological polar surface area (TPSA) is 280 Å². The highest BCUT2D eigenvalue weighted by atomic mass is 35.5. The van der Waals surface area contributed by atoms with Crippen LogP contribution in [0.2, 0.25) is 10.0 Å². The molecule has 1 saturated carbocycles. The molecular weight excluding hydrogens is 1770 g/mol. The van der Waals surface area contributed by atoms with Crippen LogP contribution >= 0.6 is 23.2 Å². The number of halogens is 7. The van der Waals surface area contributed by atoms with Gasteiger partial charge in [-0.05, 0) is 250 Å². The second-order valence-electron chi connectivity index (χ2n) is 35.1. The Morgan fingerprint density at radius 2 is 0.955 bits per heavy atom. The van der Waals surface area contributed by atoms with Crippen molar-refractivity contribution in [2.45, 2.75) is 169 Å². The van der Waals surface area contributed by atoms with Crippen molar-refractivity contribution in [1.82, 2.24) is 49.4 Å². The lowest BCUT2D eigenvalue weighted by Crippen LogP contribution is -2.49. The fourth-order valence-electron chi connectivity index (χ4n) is 17.7. The number of amides is 3. The number of cyclic esters (lactones) is 3. The van der Waals surface area contributed by atoms with Crippen LogP contribution in [-0.4, -0.2) is 162 Å². The zero-order chi connectivity index (χ0) is 95.3. The van der Waals surface area contributed by atoms with E-state index < -0.39 is 72.5 Å². The minimum absolute atomic E-state index is 0.0302. The number of nitrogens with zero attached hydrogens (tertiary/aromatic N) is 12. The Morgan fingerprint density at radius 1 is 0.500 bits per heavy atom. The van der Waals surface area contributed by atoms with Gasteiger partial charge in [0.2, 0.25) is 11.9 Å². The maximum Gasteiger partial charge on any atom is 0.416 e. The van der Waals surface area contributed by atoms with Crippen LogP contribution < -0.4 is 24.0 Å². The van der Waals surface area contributed by atoms with Crippen molar-refractivity contribution in [3.63, 3.8) is 0 Å². The van der Waals surface area contributed by atoms with E-state index in [1.54, 1.807) is 139 Å². The average Bonchev–Trinajstić information content (AvgIpc) is 1.41. The lowest BCUT2D eigenvalue weighted by molar-refractivity contribution is -0.137. The number of carbonyl (C=O) groups excluding carboxylic acids is 3. The van der Waals surface area contributed by atoms with Crippen LogP contribution in [0.4, 0.5) is 48.2 Å². The molecule has 32 heteroatoms. The van der Waals surface area contributed by atoms with Gasteiger partial charge in [0.05, 0.1) is 112 Å². The molecule has 3 amide bonds. The maximum atomic E-state index is 14.9. The van der Waals surface area contributed by atoms with Crippen LogP contribution in [0.3, 0.4) is 0 Å². The molecular formula is C102H99Cl2F5N12O13. The summed E-state index contributed by atoms with van der Waals surface area (Å²) in [5.74, 6) is 1.16. The van der Waals surface area contributed by atoms with E-state index in [1.807, 2.05) is 97.1 Å². The van der Waals surface area contributed by atoms with E-state index in [4.69, 9.17) is 66.6 Å². The standard InChI is InChI=1S/C37H33F3N4O5.C33H30Cl2N4O5.C32H36F2N4O3/c1-20-12-26(15-27(13-20)37(38,39)40)34-23(4)43(36(47)49-34)19-31-29(9-11-33(42-31)44-18-21(2)17-41-44)30-16-24(7-10-32(30)48-5)28-8-6-25(35(45)46)14-22(28)3;1-18-11-21(31(40)41)5-7-25(18)20-6-8-29(43-3)26(14-20)27-16-36-32(38-9-4-10-38)37-28(27)17-39-19(2)30(44-33(39)42)22-12-23(34)15-24(35)13-22;1-17(2)24-11-25(29(40-5)12-27(24)34)26-13-35-31(37-14-23(33)15-37)36-28(26)16-38-19(4)30(41-32(38)39)22-9-18(3)8-21(10-22)20-6-7-20/h6-18,23,34H,19H2,1-5H3,(H,45,46);5-8,11-16,19,30H,4,9-10,17H2,1-3H3,(H,40,41);8-13,17,19-20,23,30H,6-7,14-16H2,1-5H3/t23-,34-;2*19-,30-/m000/s1. The molecule has 694 valence electrons. The minimum Gasteiger partial charge on any atom is -0.496 e. The van der Waals surface area contributed by atoms with Crippen LogP contribution in [0.1, 0.15) is 183 Å². The first-order valence-electron chi connectivity index (χ1n) is 44.0. The summed E-state index contributed by atoms with van der Waals surface area (Å²) in [6.45, 7) is 21.2. The highest BCUT2D eigenvalue weighted by Crippen LogP contribution is 2.48. The quantitative estimate of drug-likeness (QED) is 0.0420. The van der Waals surface area contributed by atoms with Crippen LogP contribution in [0.25, 0.3) is 61.5 Å². The second-order valence-corrected chi connectivity index (χ2v) is 35.9. The molecule has 2 N–H and O–H groups in total. The first-order valence-corrected chi connectivity index (χ1v) is 44.7. The van der Waals surface area contributed by atoms with Crippen molar-refractivity contribution in [1.29, 1.82) is 0 Å². The Labute approximate surface area is 781 Å². The highest BCUT2D eigenvalue weighted by Gasteiger charge is 2.46. The number of hydrogen-bond acceptors (Lipinski definition) is 19. The number of methoxy groups -OCH3 is 3. The molecule has 0 unspecified atom stereocenters. The molecule has 8 aromatic carbocycles. The lowest BCUT2D eigenvalue weighted by Gasteiger charge is -2.34. The molecule has 0 spiro atoms. The van der Waals surface area contributed by atoms with Crippen molar-refractivity contribution in [2.75, 3.05) is 57.3 Å². The number of pyridine rings is 1. The molecule has 25 nitrogen and oxygen atoms in total.